The van der Waals surface area contributed by atoms with E-state index in [0.29, 0.717) is 31.7 Å². The predicted molar refractivity (Wildman–Crippen MR) is 94.8 cm³/mol. The van der Waals surface area contributed by atoms with Gasteiger partial charge in [0.1, 0.15) is 0 Å². The summed E-state index contributed by atoms with van der Waals surface area (Å²) >= 11 is 0. The predicted octanol–water partition coefficient (Wildman–Crippen LogP) is 0.515. The van der Waals surface area contributed by atoms with Crippen LogP contribution in [0.5, 0.6) is 0 Å². The Bertz CT molecular complexity index is 923. The van der Waals surface area contributed by atoms with Crippen molar-refractivity contribution in [1.29, 1.82) is 0 Å². The molecule has 0 radical (unpaired) electrons. The SMILES string of the molecule is Cc1cc2nc(C3CCN(C(=O)[C@@H]4CC(=O)N(C)C4)CC3)cc(=O)n2[nH]1. The van der Waals surface area contributed by atoms with Gasteiger partial charge in [-0.25, -0.2) is 9.50 Å². The van der Waals surface area contributed by atoms with E-state index in [9.17, 15) is 14.4 Å². The van der Waals surface area contributed by atoms with Crippen molar-refractivity contribution in [3.8, 4) is 0 Å². The van der Waals surface area contributed by atoms with Gasteiger partial charge in [0, 0.05) is 56.8 Å². The van der Waals surface area contributed by atoms with Gasteiger partial charge < -0.3 is 9.80 Å². The van der Waals surface area contributed by atoms with Crippen molar-refractivity contribution in [3.63, 3.8) is 0 Å². The smallest absolute Gasteiger partial charge is 0.272 e. The Labute approximate surface area is 150 Å². The van der Waals surface area contributed by atoms with E-state index in [2.05, 4.69) is 10.1 Å². The number of likely N-dealkylation sites (tertiary alicyclic amines) is 2. The fourth-order valence-electron chi connectivity index (χ4n) is 4.02. The minimum Gasteiger partial charge on any atom is -0.345 e. The first-order valence-electron chi connectivity index (χ1n) is 9.04. The van der Waals surface area contributed by atoms with Crippen molar-refractivity contribution in [1.82, 2.24) is 24.4 Å². The van der Waals surface area contributed by atoms with Gasteiger partial charge >= 0.3 is 0 Å². The van der Waals surface area contributed by atoms with E-state index < -0.39 is 0 Å². The summed E-state index contributed by atoms with van der Waals surface area (Å²) in [6, 6.07) is 3.45. The molecule has 1 N–H and O–H groups in total. The number of piperidine rings is 1. The highest BCUT2D eigenvalue weighted by atomic mass is 16.2. The minimum atomic E-state index is -0.217. The fraction of sp³-hybridized carbons (Fsp3) is 0.556. The van der Waals surface area contributed by atoms with Crippen LogP contribution in [0.15, 0.2) is 16.9 Å². The Kier molecular flexibility index (Phi) is 4.05. The van der Waals surface area contributed by atoms with Gasteiger partial charge in [-0.3, -0.25) is 19.5 Å². The van der Waals surface area contributed by atoms with Crippen LogP contribution in [0.2, 0.25) is 0 Å². The highest BCUT2D eigenvalue weighted by Gasteiger charge is 2.36. The van der Waals surface area contributed by atoms with Crippen LogP contribution in [0.4, 0.5) is 0 Å². The van der Waals surface area contributed by atoms with Crippen molar-refractivity contribution in [2.45, 2.75) is 32.1 Å². The number of carbonyl (C=O) groups is 2. The molecule has 2 aliphatic heterocycles. The third-order valence-corrected chi connectivity index (χ3v) is 5.51. The van der Waals surface area contributed by atoms with E-state index in [4.69, 9.17) is 0 Å². The summed E-state index contributed by atoms with van der Waals surface area (Å²) in [5.74, 6) is 0.0785. The monoisotopic (exact) mass is 357 g/mol. The maximum atomic E-state index is 12.6. The Hall–Kier alpha value is -2.64. The van der Waals surface area contributed by atoms with E-state index in [1.165, 1.54) is 4.52 Å². The van der Waals surface area contributed by atoms with Crippen LogP contribution < -0.4 is 5.56 Å². The number of fused-ring (bicyclic) bond motifs is 1. The normalized spacial score (nSPS) is 21.8. The van der Waals surface area contributed by atoms with Gasteiger partial charge in [-0.1, -0.05) is 0 Å². The zero-order valence-corrected chi connectivity index (χ0v) is 15.1. The zero-order valence-electron chi connectivity index (χ0n) is 15.1. The molecule has 0 aromatic carbocycles. The Morgan fingerprint density at radius 2 is 1.96 bits per heavy atom. The molecule has 2 saturated heterocycles. The highest BCUT2D eigenvalue weighted by Crippen LogP contribution is 2.28. The molecule has 0 aliphatic carbocycles. The maximum Gasteiger partial charge on any atom is 0.272 e. The molecule has 8 nitrogen and oxygen atoms in total. The molecular weight excluding hydrogens is 334 g/mol. The second-order valence-electron chi connectivity index (χ2n) is 7.43. The van der Waals surface area contributed by atoms with E-state index in [1.807, 2.05) is 17.9 Å². The van der Waals surface area contributed by atoms with Gasteiger partial charge in [-0.15, -0.1) is 0 Å². The summed E-state index contributed by atoms with van der Waals surface area (Å²) in [4.78, 5) is 44.7. The zero-order chi connectivity index (χ0) is 18.4. The van der Waals surface area contributed by atoms with Crippen molar-refractivity contribution >= 4 is 17.5 Å². The van der Waals surface area contributed by atoms with Gasteiger partial charge in [0.2, 0.25) is 11.8 Å². The van der Waals surface area contributed by atoms with Crippen LogP contribution in [0, 0.1) is 12.8 Å². The molecule has 2 aromatic rings. The summed E-state index contributed by atoms with van der Waals surface area (Å²) in [5.41, 5.74) is 2.22. The summed E-state index contributed by atoms with van der Waals surface area (Å²) in [6.07, 6.45) is 1.89. The molecule has 0 spiro atoms. The van der Waals surface area contributed by atoms with Gasteiger partial charge in [0.15, 0.2) is 5.65 Å². The van der Waals surface area contributed by atoms with Gasteiger partial charge in [0.05, 0.1) is 11.6 Å². The number of carbonyl (C=O) groups excluding carboxylic acids is 2. The lowest BCUT2D eigenvalue weighted by Crippen LogP contribution is -2.42. The molecule has 26 heavy (non-hydrogen) atoms. The lowest BCUT2D eigenvalue weighted by molar-refractivity contribution is -0.136. The third-order valence-electron chi connectivity index (χ3n) is 5.51. The summed E-state index contributed by atoms with van der Waals surface area (Å²) in [6.45, 7) is 3.69. The number of H-pyrrole nitrogens is 1. The molecule has 138 valence electrons. The third kappa shape index (κ3) is 2.89. The Morgan fingerprint density at radius 3 is 2.62 bits per heavy atom. The van der Waals surface area contributed by atoms with Crippen LogP contribution in [0.1, 0.15) is 36.6 Å². The van der Waals surface area contributed by atoms with Crippen LogP contribution in [0.25, 0.3) is 5.65 Å². The first-order chi connectivity index (χ1) is 12.4. The molecule has 1 atom stereocenters. The molecular formula is C18H23N5O3. The number of hydrogen-bond acceptors (Lipinski definition) is 4. The second-order valence-corrected chi connectivity index (χ2v) is 7.43. The molecule has 2 fully saturated rings. The van der Waals surface area contributed by atoms with Crippen molar-refractivity contribution in [2.75, 3.05) is 26.7 Å². The largest absolute Gasteiger partial charge is 0.345 e. The summed E-state index contributed by atoms with van der Waals surface area (Å²) < 4.78 is 1.45. The number of aryl methyl sites for hydroxylation is 1. The first-order valence-corrected chi connectivity index (χ1v) is 9.04. The minimum absolute atomic E-state index is 0.0398. The molecule has 2 amide bonds. The van der Waals surface area contributed by atoms with Crippen molar-refractivity contribution < 1.29 is 9.59 Å². The maximum absolute atomic E-state index is 12.6. The number of nitrogens with one attached hydrogen (secondary N) is 1. The highest BCUT2D eigenvalue weighted by molar-refractivity contribution is 5.89. The number of hydrogen-bond donors (Lipinski definition) is 1. The average Bonchev–Trinajstić information content (AvgIpc) is 3.16. The molecule has 4 rings (SSSR count). The van der Waals surface area contributed by atoms with Gasteiger partial charge in [0.25, 0.3) is 5.56 Å². The molecule has 2 aliphatic rings. The van der Waals surface area contributed by atoms with Gasteiger partial charge in [-0.05, 0) is 19.8 Å². The number of nitrogens with zero attached hydrogens (tertiary/aromatic N) is 4. The molecule has 0 unspecified atom stereocenters. The molecule has 0 bridgehead atoms. The standard InChI is InChI=1S/C18H23N5O3/c1-11-7-15-19-14(9-17(25)23(15)20-11)12-3-5-22(6-4-12)18(26)13-8-16(24)21(2)10-13/h7,9,12-13,20H,3-6,8,10H2,1-2H3/t13-/m1/s1. The van der Waals surface area contributed by atoms with Crippen molar-refractivity contribution in [2.24, 2.45) is 5.92 Å². The van der Waals surface area contributed by atoms with Crippen molar-refractivity contribution in [3.05, 3.63) is 33.9 Å². The summed E-state index contributed by atoms with van der Waals surface area (Å²) in [7, 11) is 1.74. The topological polar surface area (TPSA) is 90.8 Å². The number of aromatic nitrogens is 3. The van der Waals surface area contributed by atoms with E-state index in [-0.39, 0.29) is 29.2 Å². The first kappa shape index (κ1) is 16.8. The Balaban J connectivity index is 1.44. The lowest BCUT2D eigenvalue weighted by atomic mass is 9.92. The Morgan fingerprint density at radius 1 is 1.23 bits per heavy atom. The second kappa shape index (κ2) is 6.26. The number of amides is 2. The lowest BCUT2D eigenvalue weighted by Gasteiger charge is -2.33. The van der Waals surface area contributed by atoms with Gasteiger partial charge in [-0.2, -0.15) is 0 Å². The quantitative estimate of drug-likeness (QED) is 0.848. The molecule has 8 heteroatoms. The average molecular weight is 357 g/mol. The summed E-state index contributed by atoms with van der Waals surface area (Å²) in [5, 5.41) is 2.97. The van der Waals surface area contributed by atoms with E-state index in [0.717, 1.165) is 24.2 Å². The molecule has 2 aromatic heterocycles. The molecule has 0 saturated carbocycles. The van der Waals surface area contributed by atoms with Crippen LogP contribution >= 0.6 is 0 Å². The fourth-order valence-corrected chi connectivity index (χ4v) is 4.02. The van der Waals surface area contributed by atoms with E-state index in [1.54, 1.807) is 18.0 Å². The van der Waals surface area contributed by atoms with Crippen LogP contribution in [-0.4, -0.2) is 62.9 Å². The molecule has 4 heterocycles. The van der Waals surface area contributed by atoms with Crippen LogP contribution in [0.3, 0.4) is 0 Å². The number of rotatable bonds is 2. The number of aromatic amines is 1. The van der Waals surface area contributed by atoms with Crippen LogP contribution in [-0.2, 0) is 9.59 Å². The van der Waals surface area contributed by atoms with E-state index >= 15 is 0 Å².